The summed E-state index contributed by atoms with van der Waals surface area (Å²) >= 11 is 0. The molecule has 0 N–H and O–H groups in total. The molecule has 0 radical (unpaired) electrons. The molecule has 1 rings (SSSR count). The van der Waals surface area contributed by atoms with Crippen molar-refractivity contribution in [2.45, 2.75) is 77.0 Å². The third-order valence-electron chi connectivity index (χ3n) is 3.50. The molecule has 2 nitrogen and oxygen atoms in total. The minimum absolute atomic E-state index is 0.263. The molecule has 0 unspecified atom stereocenters. The van der Waals surface area contributed by atoms with Gasteiger partial charge in [0, 0.05) is 25.7 Å². The number of carbonyl (C=O) groups is 2. The second-order valence-corrected chi connectivity index (χ2v) is 5.25. The Labute approximate surface area is 111 Å². The van der Waals surface area contributed by atoms with E-state index in [0.717, 1.165) is 38.5 Å². The van der Waals surface area contributed by atoms with E-state index in [9.17, 15) is 9.59 Å². The van der Waals surface area contributed by atoms with Gasteiger partial charge in [0.05, 0.1) is 0 Å². The second-order valence-electron chi connectivity index (χ2n) is 5.25. The lowest BCUT2D eigenvalue weighted by Crippen LogP contribution is -2.04. The average molecular weight is 250 g/mol. The van der Waals surface area contributed by atoms with Crippen LogP contribution in [0.5, 0.6) is 0 Å². The Morgan fingerprint density at radius 2 is 1.00 bits per heavy atom. The molecular weight excluding hydrogens is 224 g/mol. The first-order valence-electron chi connectivity index (χ1n) is 7.47. The summed E-state index contributed by atoms with van der Waals surface area (Å²) in [5, 5.41) is 0. The number of allylic oxidation sites excluding steroid dienone is 2. The summed E-state index contributed by atoms with van der Waals surface area (Å²) in [4.78, 5) is 23.1. The lowest BCUT2D eigenvalue weighted by atomic mass is 10.0. The Kier molecular flexibility index (Phi) is 8.45. The lowest BCUT2D eigenvalue weighted by Gasteiger charge is -2.03. The summed E-state index contributed by atoms with van der Waals surface area (Å²) in [7, 11) is 0. The van der Waals surface area contributed by atoms with Gasteiger partial charge in [0.25, 0.3) is 0 Å². The maximum Gasteiger partial charge on any atom is 0.133 e. The molecule has 0 bridgehead atoms. The van der Waals surface area contributed by atoms with Crippen LogP contribution in [0.15, 0.2) is 12.2 Å². The van der Waals surface area contributed by atoms with E-state index in [-0.39, 0.29) is 11.6 Å². The highest BCUT2D eigenvalue weighted by Crippen LogP contribution is 2.11. The van der Waals surface area contributed by atoms with Crippen molar-refractivity contribution in [2.75, 3.05) is 0 Å². The largest absolute Gasteiger partial charge is 0.300 e. The normalized spacial score (nSPS) is 23.8. The van der Waals surface area contributed by atoms with E-state index in [1.54, 1.807) is 0 Å². The van der Waals surface area contributed by atoms with Crippen LogP contribution in [0.1, 0.15) is 77.0 Å². The van der Waals surface area contributed by atoms with Gasteiger partial charge in [0.15, 0.2) is 0 Å². The quantitative estimate of drug-likeness (QED) is 0.598. The van der Waals surface area contributed by atoms with E-state index in [4.69, 9.17) is 0 Å². The second kappa shape index (κ2) is 10.0. The number of hydrogen-bond donors (Lipinski definition) is 0. The molecule has 0 heterocycles. The number of hydrogen-bond acceptors (Lipinski definition) is 2. The van der Waals surface area contributed by atoms with Gasteiger partial charge in [0.1, 0.15) is 11.6 Å². The van der Waals surface area contributed by atoms with Crippen LogP contribution in [0.2, 0.25) is 0 Å². The zero-order valence-corrected chi connectivity index (χ0v) is 11.5. The molecule has 1 aliphatic rings. The van der Waals surface area contributed by atoms with E-state index in [0.29, 0.717) is 25.7 Å². The molecular formula is C16H26O2. The topological polar surface area (TPSA) is 34.1 Å². The van der Waals surface area contributed by atoms with Gasteiger partial charge < -0.3 is 0 Å². The van der Waals surface area contributed by atoms with Gasteiger partial charge in [-0.3, -0.25) is 9.59 Å². The summed E-state index contributed by atoms with van der Waals surface area (Å²) in [6, 6.07) is 0. The molecule has 2 heteroatoms. The van der Waals surface area contributed by atoms with Crippen molar-refractivity contribution < 1.29 is 9.59 Å². The van der Waals surface area contributed by atoms with E-state index < -0.39 is 0 Å². The summed E-state index contributed by atoms with van der Waals surface area (Å²) in [6.45, 7) is 0. The third-order valence-corrected chi connectivity index (χ3v) is 3.50. The fourth-order valence-corrected chi connectivity index (χ4v) is 2.29. The molecule has 0 saturated carbocycles. The van der Waals surface area contributed by atoms with Crippen LogP contribution in [0, 0.1) is 0 Å². The number of rotatable bonds is 0. The predicted molar refractivity (Wildman–Crippen MR) is 74.6 cm³/mol. The van der Waals surface area contributed by atoms with Crippen molar-refractivity contribution in [2.24, 2.45) is 0 Å². The van der Waals surface area contributed by atoms with Crippen LogP contribution in [-0.4, -0.2) is 11.6 Å². The molecule has 0 aromatic heterocycles. The lowest BCUT2D eigenvalue weighted by molar-refractivity contribution is -0.124. The summed E-state index contributed by atoms with van der Waals surface area (Å²) < 4.78 is 0. The van der Waals surface area contributed by atoms with Crippen molar-refractivity contribution in [1.82, 2.24) is 0 Å². The van der Waals surface area contributed by atoms with Gasteiger partial charge in [-0.2, -0.15) is 0 Å². The van der Waals surface area contributed by atoms with E-state index in [1.807, 2.05) is 0 Å². The molecule has 0 spiro atoms. The summed E-state index contributed by atoms with van der Waals surface area (Å²) in [6.07, 6.45) is 15.7. The first-order chi connectivity index (χ1) is 8.79. The fourth-order valence-electron chi connectivity index (χ4n) is 2.29. The number of ketones is 2. The van der Waals surface area contributed by atoms with Gasteiger partial charge in [-0.1, -0.05) is 25.0 Å². The first-order valence-corrected chi connectivity index (χ1v) is 7.47. The summed E-state index contributed by atoms with van der Waals surface area (Å²) in [5.74, 6) is 0.537. The van der Waals surface area contributed by atoms with Gasteiger partial charge in [-0.25, -0.2) is 0 Å². The molecule has 102 valence electrons. The zero-order chi connectivity index (χ0) is 13.1. The maximum absolute atomic E-state index is 11.6. The molecule has 0 amide bonds. The van der Waals surface area contributed by atoms with Gasteiger partial charge in [-0.05, 0) is 38.5 Å². The van der Waals surface area contributed by atoms with Gasteiger partial charge in [0.2, 0.25) is 0 Å². The maximum atomic E-state index is 11.6. The van der Waals surface area contributed by atoms with E-state index in [2.05, 4.69) is 12.2 Å². The Balaban J connectivity index is 2.30. The SMILES string of the molecule is O=C1CCCC/C=C\CCCCCCC(=O)CC1. The first kappa shape index (κ1) is 15.1. The van der Waals surface area contributed by atoms with Crippen LogP contribution in [0.3, 0.4) is 0 Å². The number of Topliss-reactive ketones (excluding diaryl/α,β-unsaturated/α-hetero) is 2. The van der Waals surface area contributed by atoms with Crippen LogP contribution < -0.4 is 0 Å². The van der Waals surface area contributed by atoms with E-state index in [1.165, 1.54) is 12.8 Å². The highest BCUT2D eigenvalue weighted by Gasteiger charge is 2.07. The molecule has 0 aliphatic heterocycles. The van der Waals surface area contributed by atoms with Crippen LogP contribution in [-0.2, 0) is 9.59 Å². The van der Waals surface area contributed by atoms with Crippen molar-refractivity contribution in [3.05, 3.63) is 12.2 Å². The molecule has 0 fully saturated rings. The van der Waals surface area contributed by atoms with Crippen LogP contribution in [0.25, 0.3) is 0 Å². The van der Waals surface area contributed by atoms with Crippen molar-refractivity contribution in [1.29, 1.82) is 0 Å². The van der Waals surface area contributed by atoms with Crippen LogP contribution in [0.4, 0.5) is 0 Å². The van der Waals surface area contributed by atoms with Crippen LogP contribution >= 0.6 is 0 Å². The minimum atomic E-state index is 0.263. The molecule has 0 atom stereocenters. The predicted octanol–water partition coefficient (Wildman–Crippen LogP) is 4.38. The van der Waals surface area contributed by atoms with Crippen molar-refractivity contribution in [3.8, 4) is 0 Å². The van der Waals surface area contributed by atoms with Crippen molar-refractivity contribution in [3.63, 3.8) is 0 Å². The Hall–Kier alpha value is -0.920. The summed E-state index contributed by atoms with van der Waals surface area (Å²) in [5.41, 5.74) is 0. The molecule has 18 heavy (non-hydrogen) atoms. The highest BCUT2D eigenvalue weighted by molar-refractivity contribution is 5.85. The van der Waals surface area contributed by atoms with Gasteiger partial charge in [-0.15, -0.1) is 0 Å². The highest BCUT2D eigenvalue weighted by atomic mass is 16.1. The fraction of sp³-hybridized carbons (Fsp3) is 0.750. The molecule has 0 aromatic rings. The average Bonchev–Trinajstić information content (AvgIpc) is 2.36. The van der Waals surface area contributed by atoms with Crippen molar-refractivity contribution >= 4 is 11.6 Å². The molecule has 0 aromatic carbocycles. The smallest absolute Gasteiger partial charge is 0.133 e. The van der Waals surface area contributed by atoms with E-state index >= 15 is 0 Å². The minimum Gasteiger partial charge on any atom is -0.300 e. The standard InChI is InChI=1S/C16H26O2/c17-15-11-9-7-5-3-1-2-4-6-8-10-12-16(18)14-13-15/h1,3H,2,4-14H2/b3-1-. The molecule has 0 saturated heterocycles. The Morgan fingerprint density at radius 3 is 1.61 bits per heavy atom. The number of carbonyl (C=O) groups excluding carboxylic acids is 2. The van der Waals surface area contributed by atoms with Gasteiger partial charge >= 0.3 is 0 Å². The third kappa shape index (κ3) is 8.21. The Bertz CT molecular complexity index is 279. The molecule has 1 aliphatic carbocycles. The zero-order valence-electron chi connectivity index (χ0n) is 11.5. The monoisotopic (exact) mass is 250 g/mol. The Morgan fingerprint density at radius 1 is 0.556 bits per heavy atom.